The standard InChI is InChI=1S/C15H24OS.C6H16Si/c1-3-4-7-13(2)12-14(16)8-5-9-15-10-6-11-17-15;1-6(2,3)7(4)5/h5-6,8,10-11,13-14,16H,3-4,7,9,12H2,1-2H3;7H,1-5H3/b8-5+;/t13-,14+;/m0./s1. The number of hydrogen-bond donors (Lipinski definition) is 1. The summed E-state index contributed by atoms with van der Waals surface area (Å²) in [4.78, 5) is 1.35. The summed E-state index contributed by atoms with van der Waals surface area (Å²) < 4.78 is 0. The average Bonchev–Trinajstić information content (AvgIpc) is 2.98. The van der Waals surface area contributed by atoms with E-state index in [1.165, 1.54) is 24.1 Å². The number of thiophene rings is 1. The van der Waals surface area contributed by atoms with Gasteiger partial charge in [-0.1, -0.05) is 85.2 Å². The number of hydrogen-bond acceptors (Lipinski definition) is 2. The van der Waals surface area contributed by atoms with Crippen molar-refractivity contribution in [2.45, 2.75) is 91.0 Å². The van der Waals surface area contributed by atoms with Crippen LogP contribution in [0.5, 0.6) is 0 Å². The first-order valence-electron chi connectivity index (χ1n) is 9.53. The van der Waals surface area contributed by atoms with E-state index in [-0.39, 0.29) is 14.9 Å². The van der Waals surface area contributed by atoms with Crippen molar-refractivity contribution in [3.05, 3.63) is 34.5 Å². The predicted molar refractivity (Wildman–Crippen MR) is 115 cm³/mol. The molecule has 3 heteroatoms. The highest BCUT2D eigenvalue weighted by Crippen LogP contribution is 2.25. The molecule has 0 amide bonds. The van der Waals surface area contributed by atoms with Crippen LogP contribution >= 0.6 is 11.3 Å². The summed E-state index contributed by atoms with van der Waals surface area (Å²) in [6.45, 7) is 16.2. The molecule has 1 heterocycles. The molecule has 0 aromatic carbocycles. The van der Waals surface area contributed by atoms with E-state index in [1.54, 1.807) is 11.3 Å². The first-order valence-corrected chi connectivity index (χ1v) is 13.3. The second-order valence-electron chi connectivity index (χ2n) is 8.28. The molecule has 1 aromatic rings. The molecule has 0 aliphatic carbocycles. The first kappa shape index (κ1) is 23.6. The van der Waals surface area contributed by atoms with Crippen LogP contribution in [-0.2, 0) is 6.42 Å². The predicted octanol–water partition coefficient (Wildman–Crippen LogP) is 6.70. The lowest BCUT2D eigenvalue weighted by molar-refractivity contribution is 0.187. The van der Waals surface area contributed by atoms with Gasteiger partial charge in [0, 0.05) is 13.7 Å². The molecule has 1 aromatic heterocycles. The maximum atomic E-state index is 9.86. The smallest absolute Gasteiger partial charge is 0.0723 e. The lowest BCUT2D eigenvalue weighted by Gasteiger charge is -2.21. The molecule has 1 N–H and O–H groups in total. The van der Waals surface area contributed by atoms with E-state index in [1.807, 2.05) is 6.08 Å². The van der Waals surface area contributed by atoms with Crippen LogP contribution in [0, 0.1) is 5.92 Å². The third kappa shape index (κ3) is 13.0. The number of aliphatic hydroxyl groups is 1. The molecule has 1 nitrogen and oxygen atoms in total. The van der Waals surface area contributed by atoms with E-state index < -0.39 is 0 Å². The molecule has 0 bridgehead atoms. The van der Waals surface area contributed by atoms with E-state index in [0.29, 0.717) is 11.0 Å². The molecule has 0 aliphatic heterocycles. The Morgan fingerprint density at radius 3 is 2.38 bits per heavy atom. The van der Waals surface area contributed by atoms with Crippen LogP contribution in [-0.4, -0.2) is 20.0 Å². The molecule has 0 spiro atoms. The van der Waals surface area contributed by atoms with E-state index in [9.17, 15) is 5.11 Å². The highest BCUT2D eigenvalue weighted by atomic mass is 32.1. The largest absolute Gasteiger partial charge is 0.389 e. The third-order valence-corrected chi connectivity index (χ3v) is 9.05. The monoisotopic (exact) mass is 368 g/mol. The minimum atomic E-state index is -0.359. The molecule has 0 fully saturated rings. The zero-order valence-electron chi connectivity index (χ0n) is 17.0. The van der Waals surface area contributed by atoms with Gasteiger partial charge in [-0.15, -0.1) is 11.3 Å². The van der Waals surface area contributed by atoms with Crippen molar-refractivity contribution in [2.24, 2.45) is 5.92 Å². The summed E-state index contributed by atoms with van der Waals surface area (Å²) >= 11 is 1.77. The van der Waals surface area contributed by atoms with Crippen LogP contribution in [0.2, 0.25) is 18.1 Å². The van der Waals surface area contributed by atoms with Gasteiger partial charge in [0.05, 0.1) is 6.10 Å². The lowest BCUT2D eigenvalue weighted by Crippen LogP contribution is -2.16. The van der Waals surface area contributed by atoms with Crippen molar-refractivity contribution in [1.82, 2.24) is 0 Å². The van der Waals surface area contributed by atoms with Crippen molar-refractivity contribution in [1.29, 1.82) is 0 Å². The zero-order chi connectivity index (χ0) is 18.6. The number of allylic oxidation sites excluding steroid dienone is 1. The fraction of sp³-hybridized carbons (Fsp3) is 0.714. The SMILES string of the molecule is CCCC[C@H](C)C[C@H](O)/C=C/Cc1cccs1.C[SiH](C)C(C)(C)C. The fourth-order valence-corrected chi connectivity index (χ4v) is 2.61. The van der Waals surface area contributed by atoms with Gasteiger partial charge in [0.2, 0.25) is 0 Å². The Morgan fingerprint density at radius 1 is 1.29 bits per heavy atom. The van der Waals surface area contributed by atoms with Gasteiger partial charge in [0.15, 0.2) is 0 Å². The van der Waals surface area contributed by atoms with Crippen molar-refractivity contribution < 1.29 is 5.11 Å². The highest BCUT2D eigenvalue weighted by molar-refractivity contribution is 7.09. The second kappa shape index (κ2) is 12.9. The summed E-state index contributed by atoms with van der Waals surface area (Å²) in [6, 6.07) is 4.20. The van der Waals surface area contributed by atoms with E-state index in [4.69, 9.17) is 0 Å². The van der Waals surface area contributed by atoms with Crippen LogP contribution in [0.3, 0.4) is 0 Å². The molecule has 2 atom stereocenters. The van der Waals surface area contributed by atoms with Crippen molar-refractivity contribution in [3.8, 4) is 0 Å². The van der Waals surface area contributed by atoms with Gasteiger partial charge in [-0.3, -0.25) is 0 Å². The molecule has 0 saturated carbocycles. The summed E-state index contributed by atoms with van der Waals surface area (Å²) in [5, 5.41) is 12.6. The lowest BCUT2D eigenvalue weighted by atomic mass is 9.97. The Hall–Kier alpha value is -0.383. The van der Waals surface area contributed by atoms with Gasteiger partial charge in [-0.05, 0) is 35.2 Å². The van der Waals surface area contributed by atoms with Crippen molar-refractivity contribution >= 4 is 20.1 Å². The van der Waals surface area contributed by atoms with Gasteiger partial charge >= 0.3 is 0 Å². The Balaban J connectivity index is 0.000000640. The number of rotatable bonds is 8. The van der Waals surface area contributed by atoms with E-state index in [0.717, 1.165) is 12.8 Å². The molecule has 24 heavy (non-hydrogen) atoms. The fourth-order valence-electron chi connectivity index (χ4n) is 1.93. The van der Waals surface area contributed by atoms with E-state index >= 15 is 0 Å². The maximum absolute atomic E-state index is 9.86. The summed E-state index contributed by atoms with van der Waals surface area (Å²) in [6.07, 6.45) is 9.33. The summed E-state index contributed by atoms with van der Waals surface area (Å²) in [7, 11) is -0.359. The Bertz CT molecular complexity index is 418. The molecular formula is C21H40OSSi. The van der Waals surface area contributed by atoms with Crippen LogP contribution < -0.4 is 0 Å². The highest BCUT2D eigenvalue weighted by Gasteiger charge is 2.15. The summed E-state index contributed by atoms with van der Waals surface area (Å²) in [5.74, 6) is 0.622. The van der Waals surface area contributed by atoms with Crippen LogP contribution in [0.25, 0.3) is 0 Å². The zero-order valence-corrected chi connectivity index (χ0v) is 19.0. The van der Waals surface area contributed by atoms with Crippen LogP contribution in [0.1, 0.15) is 65.2 Å². The summed E-state index contributed by atoms with van der Waals surface area (Å²) in [5.41, 5.74) is 0. The minimum absolute atomic E-state index is 0.276. The van der Waals surface area contributed by atoms with Crippen LogP contribution in [0.4, 0.5) is 0 Å². The Labute approximate surface area is 156 Å². The topological polar surface area (TPSA) is 20.2 Å². The molecule has 0 aliphatic rings. The molecule has 0 unspecified atom stereocenters. The molecule has 1 rings (SSSR count). The molecule has 0 saturated heterocycles. The van der Waals surface area contributed by atoms with Crippen molar-refractivity contribution in [2.75, 3.05) is 0 Å². The second-order valence-corrected chi connectivity index (χ2v) is 13.4. The number of unbranched alkanes of at least 4 members (excludes halogenated alkanes) is 1. The number of aliphatic hydroxyl groups excluding tert-OH is 1. The van der Waals surface area contributed by atoms with Crippen molar-refractivity contribution in [3.63, 3.8) is 0 Å². The molecule has 0 radical (unpaired) electrons. The normalized spacial score (nSPS) is 14.5. The van der Waals surface area contributed by atoms with Gasteiger partial charge < -0.3 is 5.11 Å². The molecule has 140 valence electrons. The maximum Gasteiger partial charge on any atom is 0.0723 e. The van der Waals surface area contributed by atoms with Crippen LogP contribution in [0.15, 0.2) is 29.7 Å². The van der Waals surface area contributed by atoms with Gasteiger partial charge in [0.25, 0.3) is 0 Å². The Kier molecular flexibility index (Phi) is 12.7. The van der Waals surface area contributed by atoms with Gasteiger partial charge in [-0.2, -0.15) is 0 Å². The van der Waals surface area contributed by atoms with Gasteiger partial charge in [0.1, 0.15) is 0 Å². The van der Waals surface area contributed by atoms with E-state index in [2.05, 4.69) is 71.3 Å². The third-order valence-electron chi connectivity index (χ3n) is 4.68. The molecular weight excluding hydrogens is 328 g/mol. The average molecular weight is 369 g/mol. The Morgan fingerprint density at radius 2 is 1.92 bits per heavy atom. The van der Waals surface area contributed by atoms with Gasteiger partial charge in [-0.25, -0.2) is 0 Å². The quantitative estimate of drug-likeness (QED) is 0.400. The minimum Gasteiger partial charge on any atom is -0.389 e. The first-order chi connectivity index (χ1) is 11.2.